The van der Waals surface area contributed by atoms with Crippen LogP contribution in [0.4, 0.5) is 11.5 Å². The van der Waals surface area contributed by atoms with Crippen molar-refractivity contribution in [2.24, 2.45) is 0 Å². The summed E-state index contributed by atoms with van der Waals surface area (Å²) in [5.41, 5.74) is 3.35. The summed E-state index contributed by atoms with van der Waals surface area (Å²) in [7, 11) is 0. The quantitative estimate of drug-likeness (QED) is 0.624. The summed E-state index contributed by atoms with van der Waals surface area (Å²) in [4.78, 5) is 16.3. The summed E-state index contributed by atoms with van der Waals surface area (Å²) >= 11 is 0. The normalized spacial score (nSPS) is 10.3. The summed E-state index contributed by atoms with van der Waals surface area (Å²) in [6.07, 6.45) is 1.98. The molecule has 2 aromatic carbocycles. The zero-order valence-corrected chi connectivity index (χ0v) is 15.3. The molecule has 0 radical (unpaired) electrons. The molecule has 0 saturated heterocycles. The Bertz CT molecular complexity index is 847. The summed E-state index contributed by atoms with van der Waals surface area (Å²) in [5, 5.41) is 6.10. The second-order valence-electron chi connectivity index (χ2n) is 6.23. The van der Waals surface area contributed by atoms with Crippen LogP contribution in [0.5, 0.6) is 5.75 Å². The van der Waals surface area contributed by atoms with Crippen LogP contribution in [0.3, 0.4) is 0 Å². The SMILES string of the molecule is Cc1ccc(CNc2ccc(NC(=O)CCOc3ccccc3)nc2)cc1. The van der Waals surface area contributed by atoms with E-state index in [2.05, 4.69) is 46.8 Å². The number of aryl methyl sites for hydroxylation is 1. The molecule has 27 heavy (non-hydrogen) atoms. The Balaban J connectivity index is 1.41. The third-order valence-electron chi connectivity index (χ3n) is 3.99. The molecule has 0 fully saturated rings. The minimum Gasteiger partial charge on any atom is -0.493 e. The van der Waals surface area contributed by atoms with E-state index in [0.29, 0.717) is 12.4 Å². The van der Waals surface area contributed by atoms with E-state index in [1.54, 1.807) is 12.3 Å². The van der Waals surface area contributed by atoms with Crippen molar-refractivity contribution in [2.75, 3.05) is 17.2 Å². The molecular formula is C22H23N3O2. The number of pyridine rings is 1. The average molecular weight is 361 g/mol. The van der Waals surface area contributed by atoms with Crippen LogP contribution >= 0.6 is 0 Å². The number of anilines is 2. The van der Waals surface area contributed by atoms with Crippen LogP contribution in [0.2, 0.25) is 0 Å². The molecule has 0 aliphatic rings. The molecule has 0 atom stereocenters. The Kier molecular flexibility index (Phi) is 6.41. The Hall–Kier alpha value is -3.34. The van der Waals surface area contributed by atoms with Gasteiger partial charge in [0.1, 0.15) is 11.6 Å². The molecule has 0 aliphatic heterocycles. The Labute approximate surface area is 159 Å². The van der Waals surface area contributed by atoms with Gasteiger partial charge in [0.2, 0.25) is 5.91 Å². The highest BCUT2D eigenvalue weighted by Crippen LogP contribution is 2.13. The van der Waals surface area contributed by atoms with Gasteiger partial charge in [-0.25, -0.2) is 4.98 Å². The van der Waals surface area contributed by atoms with E-state index in [4.69, 9.17) is 4.74 Å². The van der Waals surface area contributed by atoms with Gasteiger partial charge in [-0.15, -0.1) is 0 Å². The molecule has 1 amide bonds. The first-order valence-corrected chi connectivity index (χ1v) is 8.92. The molecule has 0 aliphatic carbocycles. The number of rotatable bonds is 8. The van der Waals surface area contributed by atoms with Crippen molar-refractivity contribution in [3.63, 3.8) is 0 Å². The van der Waals surface area contributed by atoms with Crippen molar-refractivity contribution in [3.8, 4) is 5.75 Å². The topological polar surface area (TPSA) is 63.2 Å². The minimum absolute atomic E-state index is 0.126. The molecule has 1 aromatic heterocycles. The highest BCUT2D eigenvalue weighted by molar-refractivity contribution is 5.89. The van der Waals surface area contributed by atoms with Crippen LogP contribution < -0.4 is 15.4 Å². The number of aromatic nitrogens is 1. The molecule has 138 valence electrons. The van der Waals surface area contributed by atoms with Crippen molar-refractivity contribution < 1.29 is 9.53 Å². The lowest BCUT2D eigenvalue weighted by Gasteiger charge is -2.09. The first kappa shape index (κ1) is 18.5. The van der Waals surface area contributed by atoms with E-state index in [1.807, 2.05) is 36.4 Å². The number of nitrogens with one attached hydrogen (secondary N) is 2. The van der Waals surface area contributed by atoms with Crippen molar-refractivity contribution in [2.45, 2.75) is 19.9 Å². The van der Waals surface area contributed by atoms with Gasteiger partial charge in [0.25, 0.3) is 0 Å². The number of hydrogen-bond donors (Lipinski definition) is 2. The van der Waals surface area contributed by atoms with Gasteiger partial charge in [0.15, 0.2) is 0 Å². The summed E-state index contributed by atoms with van der Waals surface area (Å²) in [6, 6.07) is 21.5. The number of carbonyl (C=O) groups excluding carboxylic acids is 1. The van der Waals surface area contributed by atoms with E-state index in [0.717, 1.165) is 18.0 Å². The average Bonchev–Trinajstić information content (AvgIpc) is 2.69. The Morgan fingerprint density at radius 3 is 2.48 bits per heavy atom. The van der Waals surface area contributed by atoms with Crippen molar-refractivity contribution in [1.29, 1.82) is 0 Å². The number of benzene rings is 2. The number of ether oxygens (including phenoxy) is 1. The molecule has 5 nitrogen and oxygen atoms in total. The summed E-state index contributed by atoms with van der Waals surface area (Å²) < 4.78 is 5.52. The van der Waals surface area contributed by atoms with E-state index in [-0.39, 0.29) is 12.3 Å². The fourth-order valence-corrected chi connectivity index (χ4v) is 2.47. The standard InChI is InChI=1S/C22H23N3O2/c1-17-7-9-18(10-8-17)15-23-19-11-12-21(24-16-19)25-22(26)13-14-27-20-5-3-2-4-6-20/h2-12,16,23H,13-15H2,1H3,(H,24,25,26). The van der Waals surface area contributed by atoms with Crippen molar-refractivity contribution in [3.05, 3.63) is 84.1 Å². The Morgan fingerprint density at radius 2 is 1.78 bits per heavy atom. The lowest BCUT2D eigenvalue weighted by molar-refractivity contribution is -0.116. The smallest absolute Gasteiger partial charge is 0.228 e. The molecule has 5 heteroatoms. The van der Waals surface area contributed by atoms with Crippen LogP contribution in [0.1, 0.15) is 17.5 Å². The molecule has 1 heterocycles. The van der Waals surface area contributed by atoms with Gasteiger partial charge in [-0.2, -0.15) is 0 Å². The number of amides is 1. The predicted octanol–water partition coefficient (Wildman–Crippen LogP) is 4.41. The number of para-hydroxylation sites is 1. The largest absolute Gasteiger partial charge is 0.493 e. The van der Waals surface area contributed by atoms with Crippen LogP contribution in [0.15, 0.2) is 72.9 Å². The van der Waals surface area contributed by atoms with Gasteiger partial charge in [0.05, 0.1) is 24.9 Å². The number of hydrogen-bond acceptors (Lipinski definition) is 4. The maximum Gasteiger partial charge on any atom is 0.228 e. The fraction of sp³-hybridized carbons (Fsp3) is 0.182. The maximum atomic E-state index is 12.0. The van der Waals surface area contributed by atoms with Gasteiger partial charge >= 0.3 is 0 Å². The lowest BCUT2D eigenvalue weighted by atomic mass is 10.1. The molecule has 0 unspecified atom stereocenters. The van der Waals surface area contributed by atoms with E-state index in [1.165, 1.54) is 11.1 Å². The third-order valence-corrected chi connectivity index (χ3v) is 3.99. The van der Waals surface area contributed by atoms with Crippen LogP contribution in [-0.4, -0.2) is 17.5 Å². The molecule has 0 bridgehead atoms. The van der Waals surface area contributed by atoms with E-state index in [9.17, 15) is 4.79 Å². The summed E-state index contributed by atoms with van der Waals surface area (Å²) in [5.74, 6) is 1.16. The molecule has 3 rings (SSSR count). The fourth-order valence-electron chi connectivity index (χ4n) is 2.47. The van der Waals surface area contributed by atoms with Crippen LogP contribution in [0, 0.1) is 6.92 Å². The van der Waals surface area contributed by atoms with Gasteiger partial charge in [0, 0.05) is 6.54 Å². The van der Waals surface area contributed by atoms with E-state index >= 15 is 0 Å². The second kappa shape index (κ2) is 9.38. The van der Waals surface area contributed by atoms with Crippen LogP contribution in [-0.2, 0) is 11.3 Å². The maximum absolute atomic E-state index is 12.0. The molecule has 2 N–H and O–H groups in total. The number of carbonyl (C=O) groups is 1. The van der Waals surface area contributed by atoms with Crippen LogP contribution in [0.25, 0.3) is 0 Å². The van der Waals surface area contributed by atoms with Gasteiger partial charge in [-0.3, -0.25) is 4.79 Å². The first-order chi connectivity index (χ1) is 13.2. The van der Waals surface area contributed by atoms with Gasteiger partial charge in [-0.05, 0) is 36.8 Å². The molecule has 3 aromatic rings. The van der Waals surface area contributed by atoms with Gasteiger partial charge < -0.3 is 15.4 Å². The Morgan fingerprint density at radius 1 is 1.00 bits per heavy atom. The zero-order chi connectivity index (χ0) is 18.9. The lowest BCUT2D eigenvalue weighted by Crippen LogP contribution is -2.16. The second-order valence-corrected chi connectivity index (χ2v) is 6.23. The zero-order valence-electron chi connectivity index (χ0n) is 15.3. The van der Waals surface area contributed by atoms with Gasteiger partial charge in [-0.1, -0.05) is 48.0 Å². The highest BCUT2D eigenvalue weighted by atomic mass is 16.5. The monoisotopic (exact) mass is 361 g/mol. The first-order valence-electron chi connectivity index (χ1n) is 8.92. The van der Waals surface area contributed by atoms with Crippen molar-refractivity contribution in [1.82, 2.24) is 4.98 Å². The number of nitrogens with zero attached hydrogens (tertiary/aromatic N) is 1. The summed E-state index contributed by atoms with van der Waals surface area (Å²) in [6.45, 7) is 3.12. The predicted molar refractivity (Wildman–Crippen MR) is 108 cm³/mol. The third kappa shape index (κ3) is 6.15. The van der Waals surface area contributed by atoms with E-state index < -0.39 is 0 Å². The highest BCUT2D eigenvalue weighted by Gasteiger charge is 2.04. The molecular weight excluding hydrogens is 338 g/mol. The molecule has 0 saturated carbocycles. The van der Waals surface area contributed by atoms with Crippen molar-refractivity contribution >= 4 is 17.4 Å². The molecule has 0 spiro atoms. The minimum atomic E-state index is -0.126.